The Morgan fingerprint density at radius 1 is 1.53 bits per heavy atom. The van der Waals surface area contributed by atoms with E-state index in [0.717, 1.165) is 18.5 Å². The van der Waals surface area contributed by atoms with Gasteiger partial charge in [0.1, 0.15) is 11.8 Å². The van der Waals surface area contributed by atoms with Crippen LogP contribution < -0.4 is 5.32 Å². The predicted octanol–water partition coefficient (Wildman–Crippen LogP) is 1.20. The highest BCUT2D eigenvalue weighted by Gasteiger charge is 2.34. The number of piperazine rings is 1. The van der Waals surface area contributed by atoms with Crippen LogP contribution in [0.15, 0.2) is 24.3 Å². The fourth-order valence-corrected chi connectivity index (χ4v) is 2.72. The molecule has 0 bridgehead atoms. The highest BCUT2D eigenvalue weighted by atomic mass is 16.4. The number of phenols is 1. The lowest BCUT2D eigenvalue weighted by molar-refractivity contribution is -0.145. The number of aromatic hydroxyl groups is 1. The molecule has 1 aliphatic rings. The fourth-order valence-electron chi connectivity index (χ4n) is 2.72. The van der Waals surface area contributed by atoms with Gasteiger partial charge in [0.05, 0.1) is 0 Å². The van der Waals surface area contributed by atoms with E-state index < -0.39 is 12.0 Å². The second-order valence-electron chi connectivity index (χ2n) is 4.78. The minimum absolute atomic E-state index is 0.0654. The predicted molar refractivity (Wildman–Crippen MR) is 72.1 cm³/mol. The Morgan fingerprint density at radius 2 is 2.26 bits per heavy atom. The van der Waals surface area contributed by atoms with Crippen LogP contribution in [-0.2, 0) is 4.79 Å². The Morgan fingerprint density at radius 3 is 2.89 bits per heavy atom. The van der Waals surface area contributed by atoms with Crippen LogP contribution in [0.4, 0.5) is 0 Å². The highest BCUT2D eigenvalue weighted by molar-refractivity contribution is 5.74. The van der Waals surface area contributed by atoms with Crippen molar-refractivity contribution in [1.29, 1.82) is 0 Å². The average Bonchev–Trinajstić information content (AvgIpc) is 2.42. The van der Waals surface area contributed by atoms with Crippen molar-refractivity contribution in [3.8, 4) is 5.75 Å². The lowest BCUT2D eigenvalue weighted by Gasteiger charge is -2.39. The number of carboxylic acids is 1. The Balaban J connectivity index is 2.30. The van der Waals surface area contributed by atoms with Gasteiger partial charge in [-0.2, -0.15) is 0 Å². The maximum Gasteiger partial charge on any atom is 0.322 e. The van der Waals surface area contributed by atoms with Gasteiger partial charge >= 0.3 is 5.97 Å². The van der Waals surface area contributed by atoms with E-state index in [1.54, 1.807) is 12.1 Å². The van der Waals surface area contributed by atoms with Gasteiger partial charge in [-0.05, 0) is 12.5 Å². The zero-order chi connectivity index (χ0) is 13.8. The van der Waals surface area contributed by atoms with Crippen molar-refractivity contribution in [3.05, 3.63) is 29.8 Å². The molecule has 0 amide bonds. The summed E-state index contributed by atoms with van der Waals surface area (Å²) >= 11 is 0. The minimum Gasteiger partial charge on any atom is -0.508 e. The first-order valence-corrected chi connectivity index (χ1v) is 6.62. The van der Waals surface area contributed by atoms with E-state index in [1.807, 2.05) is 24.0 Å². The Kier molecular flexibility index (Phi) is 4.39. The second kappa shape index (κ2) is 6.04. The van der Waals surface area contributed by atoms with Crippen molar-refractivity contribution >= 4 is 5.97 Å². The zero-order valence-corrected chi connectivity index (χ0v) is 11.0. The van der Waals surface area contributed by atoms with Crippen LogP contribution in [0, 0.1) is 0 Å². The first kappa shape index (κ1) is 13.8. The van der Waals surface area contributed by atoms with Gasteiger partial charge in [-0.3, -0.25) is 9.69 Å². The molecule has 104 valence electrons. The SMILES string of the molecule is CCC(c1ccccc1O)N1CCNCC1C(=O)O. The van der Waals surface area contributed by atoms with Gasteiger partial charge in [0.2, 0.25) is 0 Å². The lowest BCUT2D eigenvalue weighted by Crippen LogP contribution is -2.55. The van der Waals surface area contributed by atoms with Crippen molar-refractivity contribution in [1.82, 2.24) is 10.2 Å². The molecule has 19 heavy (non-hydrogen) atoms. The summed E-state index contributed by atoms with van der Waals surface area (Å²) in [6.45, 7) is 3.90. The molecule has 1 saturated heterocycles. The van der Waals surface area contributed by atoms with Crippen molar-refractivity contribution in [2.24, 2.45) is 0 Å². The maximum atomic E-state index is 11.4. The molecular formula is C14H20N2O3. The number of aliphatic carboxylic acids is 1. The topological polar surface area (TPSA) is 72.8 Å². The van der Waals surface area contributed by atoms with Crippen LogP contribution in [0.1, 0.15) is 24.9 Å². The molecule has 0 saturated carbocycles. The Labute approximate surface area is 112 Å². The standard InChI is InChI=1S/C14H20N2O3/c1-2-11(10-5-3-4-6-13(10)17)16-8-7-15-9-12(16)14(18)19/h3-6,11-12,15,17H,2,7-9H2,1H3,(H,18,19). The summed E-state index contributed by atoms with van der Waals surface area (Å²) in [6.07, 6.45) is 0.765. The van der Waals surface area contributed by atoms with Crippen LogP contribution >= 0.6 is 0 Å². The van der Waals surface area contributed by atoms with Crippen LogP contribution in [0.25, 0.3) is 0 Å². The van der Waals surface area contributed by atoms with Crippen molar-refractivity contribution in [3.63, 3.8) is 0 Å². The summed E-state index contributed by atoms with van der Waals surface area (Å²) in [6, 6.07) is 6.55. The van der Waals surface area contributed by atoms with E-state index in [2.05, 4.69) is 5.32 Å². The average molecular weight is 264 g/mol. The first-order valence-electron chi connectivity index (χ1n) is 6.62. The molecule has 0 aromatic heterocycles. The third-order valence-electron chi connectivity index (χ3n) is 3.65. The summed E-state index contributed by atoms with van der Waals surface area (Å²) in [5, 5.41) is 22.4. The molecule has 1 aromatic carbocycles. The lowest BCUT2D eigenvalue weighted by atomic mass is 9.98. The molecule has 5 heteroatoms. The molecule has 2 rings (SSSR count). The summed E-state index contributed by atoms with van der Waals surface area (Å²) in [4.78, 5) is 13.3. The van der Waals surface area contributed by atoms with Crippen LogP contribution in [-0.4, -0.2) is 46.8 Å². The summed E-state index contributed by atoms with van der Waals surface area (Å²) in [5.41, 5.74) is 0.804. The van der Waals surface area contributed by atoms with Crippen LogP contribution in [0.3, 0.4) is 0 Å². The van der Waals surface area contributed by atoms with Gasteiger partial charge < -0.3 is 15.5 Å². The molecule has 1 aliphatic heterocycles. The summed E-state index contributed by atoms with van der Waals surface area (Å²) in [5.74, 6) is -0.585. The molecule has 2 unspecified atom stereocenters. The van der Waals surface area contributed by atoms with Crippen molar-refractivity contribution in [2.45, 2.75) is 25.4 Å². The van der Waals surface area contributed by atoms with Gasteiger partial charge in [0, 0.05) is 31.2 Å². The summed E-state index contributed by atoms with van der Waals surface area (Å²) < 4.78 is 0. The number of hydrogen-bond acceptors (Lipinski definition) is 4. The third kappa shape index (κ3) is 2.88. The number of para-hydroxylation sites is 1. The molecule has 2 atom stereocenters. The smallest absolute Gasteiger partial charge is 0.322 e. The Bertz CT molecular complexity index is 450. The van der Waals surface area contributed by atoms with Gasteiger partial charge in [-0.15, -0.1) is 0 Å². The monoisotopic (exact) mass is 264 g/mol. The number of phenolic OH excluding ortho intramolecular Hbond substituents is 1. The number of carbonyl (C=O) groups is 1. The quantitative estimate of drug-likeness (QED) is 0.762. The van der Waals surface area contributed by atoms with E-state index in [-0.39, 0.29) is 11.8 Å². The number of benzene rings is 1. The first-order chi connectivity index (χ1) is 9.15. The van der Waals surface area contributed by atoms with Crippen molar-refractivity contribution in [2.75, 3.05) is 19.6 Å². The Hall–Kier alpha value is -1.59. The molecule has 0 aliphatic carbocycles. The highest BCUT2D eigenvalue weighted by Crippen LogP contribution is 2.32. The molecule has 0 spiro atoms. The van der Waals surface area contributed by atoms with Gasteiger partial charge in [-0.1, -0.05) is 25.1 Å². The molecule has 1 fully saturated rings. The second-order valence-corrected chi connectivity index (χ2v) is 4.78. The van der Waals surface area contributed by atoms with E-state index >= 15 is 0 Å². The molecule has 5 nitrogen and oxygen atoms in total. The van der Waals surface area contributed by atoms with E-state index in [0.29, 0.717) is 13.1 Å². The molecule has 0 radical (unpaired) electrons. The van der Waals surface area contributed by atoms with E-state index in [4.69, 9.17) is 0 Å². The molecule has 1 heterocycles. The van der Waals surface area contributed by atoms with Gasteiger partial charge in [0.15, 0.2) is 0 Å². The normalized spacial score (nSPS) is 22.1. The number of nitrogens with one attached hydrogen (secondary N) is 1. The minimum atomic E-state index is -0.818. The van der Waals surface area contributed by atoms with Gasteiger partial charge in [-0.25, -0.2) is 0 Å². The van der Waals surface area contributed by atoms with Crippen molar-refractivity contribution < 1.29 is 15.0 Å². The molecule has 3 N–H and O–H groups in total. The number of hydrogen-bond donors (Lipinski definition) is 3. The largest absolute Gasteiger partial charge is 0.508 e. The van der Waals surface area contributed by atoms with Crippen LogP contribution in [0.2, 0.25) is 0 Å². The van der Waals surface area contributed by atoms with E-state index in [9.17, 15) is 15.0 Å². The molecule has 1 aromatic rings. The fraction of sp³-hybridized carbons (Fsp3) is 0.500. The third-order valence-corrected chi connectivity index (χ3v) is 3.65. The number of carboxylic acid groups (broad SMARTS) is 1. The van der Waals surface area contributed by atoms with Gasteiger partial charge in [0.25, 0.3) is 0 Å². The number of rotatable bonds is 4. The van der Waals surface area contributed by atoms with E-state index in [1.165, 1.54) is 0 Å². The molecular weight excluding hydrogens is 244 g/mol. The zero-order valence-electron chi connectivity index (χ0n) is 11.0. The maximum absolute atomic E-state index is 11.4. The number of nitrogens with zero attached hydrogens (tertiary/aromatic N) is 1. The van der Waals surface area contributed by atoms with Crippen LogP contribution in [0.5, 0.6) is 5.75 Å². The summed E-state index contributed by atoms with van der Waals surface area (Å²) in [7, 11) is 0.